The SMILES string of the molecule is C=CCN(C(=O)c1csnn1)C(C(=O)NCc1ccccc1)c1ccccn1. The van der Waals surface area contributed by atoms with Crippen molar-refractivity contribution in [2.24, 2.45) is 0 Å². The van der Waals surface area contributed by atoms with Crippen molar-refractivity contribution in [3.05, 3.63) is 89.7 Å². The molecule has 0 saturated carbocycles. The summed E-state index contributed by atoms with van der Waals surface area (Å²) in [5.74, 6) is -0.736. The Labute approximate surface area is 166 Å². The molecule has 2 aromatic heterocycles. The molecule has 1 atom stereocenters. The summed E-state index contributed by atoms with van der Waals surface area (Å²) < 4.78 is 3.74. The van der Waals surface area contributed by atoms with Gasteiger partial charge in [-0.2, -0.15) is 0 Å². The van der Waals surface area contributed by atoms with Crippen LogP contribution >= 0.6 is 11.5 Å². The molecule has 0 aliphatic rings. The van der Waals surface area contributed by atoms with Gasteiger partial charge in [0.2, 0.25) is 5.91 Å². The van der Waals surface area contributed by atoms with Crippen LogP contribution in [0.25, 0.3) is 0 Å². The highest BCUT2D eigenvalue weighted by molar-refractivity contribution is 7.03. The number of aromatic nitrogens is 3. The summed E-state index contributed by atoms with van der Waals surface area (Å²) in [5, 5.41) is 8.29. The van der Waals surface area contributed by atoms with Gasteiger partial charge in [-0.1, -0.05) is 47.0 Å². The average Bonchev–Trinajstić information content (AvgIpc) is 3.28. The molecule has 0 bridgehead atoms. The number of pyridine rings is 1. The molecule has 28 heavy (non-hydrogen) atoms. The second kappa shape index (κ2) is 9.52. The van der Waals surface area contributed by atoms with E-state index in [4.69, 9.17) is 0 Å². The van der Waals surface area contributed by atoms with Crippen molar-refractivity contribution in [1.82, 2.24) is 24.8 Å². The van der Waals surface area contributed by atoms with Gasteiger partial charge < -0.3 is 10.2 Å². The van der Waals surface area contributed by atoms with Crippen LogP contribution < -0.4 is 5.32 Å². The van der Waals surface area contributed by atoms with Gasteiger partial charge in [-0.05, 0) is 29.2 Å². The minimum Gasteiger partial charge on any atom is -0.350 e. The van der Waals surface area contributed by atoms with Crippen LogP contribution in [-0.2, 0) is 11.3 Å². The minimum absolute atomic E-state index is 0.163. The molecule has 3 aromatic rings. The molecule has 8 heteroatoms. The first-order chi connectivity index (χ1) is 13.7. The van der Waals surface area contributed by atoms with E-state index in [9.17, 15) is 9.59 Å². The van der Waals surface area contributed by atoms with Gasteiger partial charge in [0.05, 0.1) is 5.69 Å². The number of nitrogens with one attached hydrogen (secondary N) is 1. The zero-order chi connectivity index (χ0) is 19.8. The Morgan fingerprint density at radius 2 is 1.96 bits per heavy atom. The lowest BCUT2D eigenvalue weighted by atomic mass is 10.1. The Morgan fingerprint density at radius 3 is 2.61 bits per heavy atom. The van der Waals surface area contributed by atoms with Crippen molar-refractivity contribution in [3.63, 3.8) is 0 Å². The zero-order valence-corrected chi connectivity index (χ0v) is 15.9. The predicted molar refractivity (Wildman–Crippen MR) is 106 cm³/mol. The molecule has 0 spiro atoms. The number of hydrogen-bond donors (Lipinski definition) is 1. The van der Waals surface area contributed by atoms with E-state index < -0.39 is 11.9 Å². The van der Waals surface area contributed by atoms with Crippen molar-refractivity contribution in [3.8, 4) is 0 Å². The molecule has 0 radical (unpaired) electrons. The summed E-state index contributed by atoms with van der Waals surface area (Å²) in [5.41, 5.74) is 1.61. The van der Waals surface area contributed by atoms with Crippen LogP contribution in [0.1, 0.15) is 27.8 Å². The number of benzene rings is 1. The number of hydrogen-bond acceptors (Lipinski definition) is 6. The van der Waals surface area contributed by atoms with E-state index in [1.165, 1.54) is 4.90 Å². The maximum atomic E-state index is 13.1. The van der Waals surface area contributed by atoms with Crippen LogP contribution in [-0.4, -0.2) is 37.8 Å². The molecule has 0 aliphatic carbocycles. The summed E-state index contributed by atoms with van der Waals surface area (Å²) in [4.78, 5) is 31.8. The lowest BCUT2D eigenvalue weighted by Crippen LogP contribution is -2.44. The highest BCUT2D eigenvalue weighted by atomic mass is 32.1. The summed E-state index contributed by atoms with van der Waals surface area (Å²) in [6, 6.07) is 13.9. The molecule has 3 rings (SSSR count). The molecule has 0 aliphatic heterocycles. The van der Waals surface area contributed by atoms with Crippen molar-refractivity contribution >= 4 is 23.3 Å². The van der Waals surface area contributed by atoms with Crippen molar-refractivity contribution in [2.75, 3.05) is 6.54 Å². The molecular weight excluding hydrogens is 374 g/mol. The predicted octanol–water partition coefficient (Wildman–Crippen LogP) is 2.62. The van der Waals surface area contributed by atoms with E-state index in [1.807, 2.05) is 30.3 Å². The largest absolute Gasteiger partial charge is 0.350 e. The number of carbonyl (C=O) groups is 2. The van der Waals surface area contributed by atoms with Crippen LogP contribution in [0.2, 0.25) is 0 Å². The quantitative estimate of drug-likeness (QED) is 0.595. The van der Waals surface area contributed by atoms with E-state index in [1.54, 1.807) is 35.9 Å². The van der Waals surface area contributed by atoms with Gasteiger partial charge in [0.15, 0.2) is 11.7 Å². The average molecular weight is 393 g/mol. The smallest absolute Gasteiger partial charge is 0.276 e. The molecule has 1 aromatic carbocycles. The first-order valence-corrected chi connectivity index (χ1v) is 9.46. The molecule has 1 N–H and O–H groups in total. The molecule has 0 saturated heterocycles. The van der Waals surface area contributed by atoms with Crippen molar-refractivity contribution in [2.45, 2.75) is 12.6 Å². The second-order valence-corrected chi connectivity index (χ2v) is 6.51. The third-order valence-electron chi connectivity index (χ3n) is 4.00. The van der Waals surface area contributed by atoms with E-state index in [0.29, 0.717) is 12.2 Å². The maximum Gasteiger partial charge on any atom is 0.276 e. The van der Waals surface area contributed by atoms with Crippen LogP contribution in [0.5, 0.6) is 0 Å². The monoisotopic (exact) mass is 393 g/mol. The van der Waals surface area contributed by atoms with Crippen molar-refractivity contribution < 1.29 is 9.59 Å². The highest BCUT2D eigenvalue weighted by Gasteiger charge is 2.33. The van der Waals surface area contributed by atoms with Gasteiger partial charge in [-0.3, -0.25) is 14.6 Å². The van der Waals surface area contributed by atoms with Crippen LogP contribution in [0, 0.1) is 0 Å². The van der Waals surface area contributed by atoms with Gasteiger partial charge in [-0.15, -0.1) is 11.7 Å². The van der Waals surface area contributed by atoms with Gasteiger partial charge in [0, 0.05) is 24.7 Å². The standard InChI is InChI=1S/C20H19N5O2S/c1-2-12-25(20(27)17-14-28-24-23-17)18(16-10-6-7-11-21-16)19(26)22-13-15-8-4-3-5-9-15/h2-11,14,18H,1,12-13H2,(H,22,26). The lowest BCUT2D eigenvalue weighted by molar-refractivity contribution is -0.126. The number of amides is 2. The van der Waals surface area contributed by atoms with E-state index in [-0.39, 0.29) is 18.1 Å². The zero-order valence-electron chi connectivity index (χ0n) is 15.1. The first kappa shape index (κ1) is 19.4. The Kier molecular flexibility index (Phi) is 6.59. The number of rotatable bonds is 8. The van der Waals surface area contributed by atoms with E-state index in [0.717, 1.165) is 17.1 Å². The molecule has 0 fully saturated rings. The minimum atomic E-state index is -0.919. The Balaban J connectivity index is 1.89. The normalized spacial score (nSPS) is 11.4. The van der Waals surface area contributed by atoms with Gasteiger partial charge in [0.1, 0.15) is 0 Å². The highest BCUT2D eigenvalue weighted by Crippen LogP contribution is 2.22. The Morgan fingerprint density at radius 1 is 1.18 bits per heavy atom. The van der Waals surface area contributed by atoms with Gasteiger partial charge in [-0.25, -0.2) is 0 Å². The number of nitrogens with zero attached hydrogens (tertiary/aromatic N) is 4. The molecule has 1 unspecified atom stereocenters. The number of carbonyl (C=O) groups excluding carboxylic acids is 2. The van der Waals surface area contributed by atoms with E-state index in [2.05, 4.69) is 26.5 Å². The molecule has 2 heterocycles. The molecular formula is C20H19N5O2S. The topological polar surface area (TPSA) is 88.1 Å². The fourth-order valence-electron chi connectivity index (χ4n) is 2.70. The van der Waals surface area contributed by atoms with Gasteiger partial charge in [0.25, 0.3) is 5.91 Å². The third-order valence-corrected chi connectivity index (χ3v) is 4.51. The van der Waals surface area contributed by atoms with Crippen molar-refractivity contribution in [1.29, 1.82) is 0 Å². The fourth-order valence-corrected chi connectivity index (χ4v) is 3.13. The Bertz CT molecular complexity index is 916. The fraction of sp³-hybridized carbons (Fsp3) is 0.150. The summed E-state index contributed by atoms with van der Waals surface area (Å²) in [6.07, 6.45) is 3.16. The molecule has 2 amide bonds. The maximum absolute atomic E-state index is 13.1. The summed E-state index contributed by atoms with van der Waals surface area (Å²) in [6.45, 7) is 4.22. The molecule has 142 valence electrons. The lowest BCUT2D eigenvalue weighted by Gasteiger charge is -2.29. The van der Waals surface area contributed by atoms with Gasteiger partial charge >= 0.3 is 0 Å². The van der Waals surface area contributed by atoms with Crippen LogP contribution in [0.15, 0.2) is 72.8 Å². The van der Waals surface area contributed by atoms with E-state index >= 15 is 0 Å². The first-order valence-electron chi connectivity index (χ1n) is 8.62. The second-order valence-electron chi connectivity index (χ2n) is 5.90. The Hall–Kier alpha value is -3.39. The summed E-state index contributed by atoms with van der Waals surface area (Å²) in [7, 11) is 0. The third kappa shape index (κ3) is 4.66. The molecule has 7 nitrogen and oxygen atoms in total. The summed E-state index contributed by atoms with van der Waals surface area (Å²) >= 11 is 1.08. The van der Waals surface area contributed by atoms with Crippen LogP contribution in [0.4, 0.5) is 0 Å². The van der Waals surface area contributed by atoms with Crippen LogP contribution in [0.3, 0.4) is 0 Å².